The summed E-state index contributed by atoms with van der Waals surface area (Å²) < 4.78 is 0. The highest BCUT2D eigenvalue weighted by molar-refractivity contribution is 6.30. The van der Waals surface area contributed by atoms with Gasteiger partial charge in [-0.05, 0) is 49.1 Å². The Morgan fingerprint density at radius 2 is 1.70 bits per heavy atom. The van der Waals surface area contributed by atoms with E-state index in [9.17, 15) is 9.59 Å². The van der Waals surface area contributed by atoms with Crippen LogP contribution in [0.25, 0.3) is 0 Å². The van der Waals surface area contributed by atoms with Crippen LogP contribution < -0.4 is 5.32 Å². The van der Waals surface area contributed by atoms with Gasteiger partial charge in [-0.1, -0.05) is 42.6 Å². The summed E-state index contributed by atoms with van der Waals surface area (Å²) in [5.41, 5.74) is 1.65. The number of halogens is 1. The Hall–Kier alpha value is -2.40. The van der Waals surface area contributed by atoms with Crippen molar-refractivity contribution < 1.29 is 9.59 Å². The van der Waals surface area contributed by atoms with E-state index in [-0.39, 0.29) is 17.5 Å². The van der Waals surface area contributed by atoms with Crippen molar-refractivity contribution in [2.75, 3.05) is 19.6 Å². The van der Waals surface area contributed by atoms with Crippen molar-refractivity contribution in [3.05, 3.63) is 64.4 Å². The van der Waals surface area contributed by atoms with Crippen molar-refractivity contribution in [3.8, 4) is 0 Å². The SMILES string of the molecule is O=C(NCCc1cccc(Cl)c1)c1cccc(C(=O)N2CCCCCC2)n1. The summed E-state index contributed by atoms with van der Waals surface area (Å²) in [6.45, 7) is 2.00. The van der Waals surface area contributed by atoms with Crippen LogP contribution in [0.15, 0.2) is 42.5 Å². The van der Waals surface area contributed by atoms with Crippen LogP contribution in [-0.2, 0) is 6.42 Å². The Kier molecular flexibility index (Phi) is 6.82. The Morgan fingerprint density at radius 1 is 1.00 bits per heavy atom. The second kappa shape index (κ2) is 9.51. The van der Waals surface area contributed by atoms with Crippen LogP contribution in [0.5, 0.6) is 0 Å². The highest BCUT2D eigenvalue weighted by Crippen LogP contribution is 2.13. The van der Waals surface area contributed by atoms with E-state index in [4.69, 9.17) is 11.6 Å². The molecule has 0 unspecified atom stereocenters. The standard InChI is InChI=1S/C21H24ClN3O2/c22-17-8-5-7-16(15-17)11-12-23-20(26)18-9-6-10-19(24-18)21(27)25-13-3-1-2-4-14-25/h5-10,15H,1-4,11-14H2,(H,23,26). The molecular weight excluding hydrogens is 362 g/mol. The average Bonchev–Trinajstić information content (AvgIpc) is 2.97. The third kappa shape index (κ3) is 5.54. The van der Waals surface area contributed by atoms with E-state index in [0.29, 0.717) is 23.7 Å². The molecule has 142 valence electrons. The summed E-state index contributed by atoms with van der Waals surface area (Å²) in [6, 6.07) is 12.6. The summed E-state index contributed by atoms with van der Waals surface area (Å²) in [5, 5.41) is 3.53. The fourth-order valence-electron chi connectivity index (χ4n) is 3.22. The Labute approximate surface area is 164 Å². The van der Waals surface area contributed by atoms with Gasteiger partial charge in [0.1, 0.15) is 11.4 Å². The molecule has 6 heteroatoms. The monoisotopic (exact) mass is 385 g/mol. The highest BCUT2D eigenvalue weighted by Gasteiger charge is 2.19. The summed E-state index contributed by atoms with van der Waals surface area (Å²) in [4.78, 5) is 31.2. The molecule has 27 heavy (non-hydrogen) atoms. The largest absolute Gasteiger partial charge is 0.350 e. The van der Waals surface area contributed by atoms with Crippen LogP contribution in [-0.4, -0.2) is 41.3 Å². The summed E-state index contributed by atoms with van der Waals surface area (Å²) in [6.07, 6.45) is 5.04. The molecule has 1 fully saturated rings. The van der Waals surface area contributed by atoms with Crippen LogP contribution in [0.1, 0.15) is 52.2 Å². The zero-order valence-electron chi connectivity index (χ0n) is 15.3. The topological polar surface area (TPSA) is 62.3 Å². The molecule has 2 heterocycles. The van der Waals surface area contributed by atoms with Crippen molar-refractivity contribution in [3.63, 3.8) is 0 Å². The van der Waals surface area contributed by atoms with Gasteiger partial charge in [0.2, 0.25) is 0 Å². The van der Waals surface area contributed by atoms with Crippen LogP contribution >= 0.6 is 11.6 Å². The Bertz CT molecular complexity index is 802. The molecule has 2 amide bonds. The first kappa shape index (κ1) is 19.4. The maximum Gasteiger partial charge on any atom is 0.272 e. The summed E-state index contributed by atoms with van der Waals surface area (Å²) in [5.74, 6) is -0.368. The van der Waals surface area contributed by atoms with E-state index in [1.807, 2.05) is 29.2 Å². The number of nitrogens with zero attached hydrogens (tertiary/aromatic N) is 2. The number of carbonyl (C=O) groups is 2. The third-order valence-electron chi connectivity index (χ3n) is 4.68. The van der Waals surface area contributed by atoms with Gasteiger partial charge in [-0.2, -0.15) is 0 Å². The Balaban J connectivity index is 1.58. The molecule has 1 N–H and O–H groups in total. The smallest absolute Gasteiger partial charge is 0.272 e. The first-order valence-electron chi connectivity index (χ1n) is 9.42. The van der Waals surface area contributed by atoms with Crippen molar-refractivity contribution in [1.29, 1.82) is 0 Å². The molecule has 1 aliphatic heterocycles. The van der Waals surface area contributed by atoms with Crippen LogP contribution in [0.2, 0.25) is 5.02 Å². The molecule has 1 aromatic carbocycles. The molecule has 5 nitrogen and oxygen atoms in total. The molecule has 2 aromatic rings. The van der Waals surface area contributed by atoms with Crippen molar-refractivity contribution in [1.82, 2.24) is 15.2 Å². The molecule has 1 aromatic heterocycles. The second-order valence-corrected chi connectivity index (χ2v) is 7.19. The molecule has 0 atom stereocenters. The van der Waals surface area contributed by atoms with Gasteiger partial charge in [-0.15, -0.1) is 0 Å². The number of pyridine rings is 1. The summed E-state index contributed by atoms with van der Waals surface area (Å²) in [7, 11) is 0. The molecule has 0 spiro atoms. The molecular formula is C21H24ClN3O2. The molecule has 0 bridgehead atoms. The molecule has 3 rings (SSSR count). The minimum Gasteiger partial charge on any atom is -0.350 e. The molecule has 0 radical (unpaired) electrons. The van der Waals surface area contributed by atoms with E-state index in [0.717, 1.165) is 44.3 Å². The van der Waals surface area contributed by atoms with Gasteiger partial charge in [0, 0.05) is 24.7 Å². The van der Waals surface area contributed by atoms with Gasteiger partial charge in [-0.3, -0.25) is 9.59 Å². The van der Waals surface area contributed by atoms with Crippen LogP contribution in [0.4, 0.5) is 0 Å². The average molecular weight is 386 g/mol. The zero-order chi connectivity index (χ0) is 19.1. The van der Waals surface area contributed by atoms with Crippen LogP contribution in [0, 0.1) is 0 Å². The normalized spacial score (nSPS) is 14.5. The minimum absolute atomic E-state index is 0.0922. The number of amides is 2. The van der Waals surface area contributed by atoms with Crippen molar-refractivity contribution >= 4 is 23.4 Å². The van der Waals surface area contributed by atoms with E-state index in [1.54, 1.807) is 18.2 Å². The lowest BCUT2D eigenvalue weighted by molar-refractivity contribution is 0.0755. The molecule has 1 aliphatic rings. The number of hydrogen-bond acceptors (Lipinski definition) is 3. The van der Waals surface area contributed by atoms with Gasteiger partial charge >= 0.3 is 0 Å². The van der Waals surface area contributed by atoms with Gasteiger partial charge in [0.25, 0.3) is 11.8 Å². The maximum absolute atomic E-state index is 12.7. The second-order valence-electron chi connectivity index (χ2n) is 6.75. The first-order chi connectivity index (χ1) is 13.1. The van der Waals surface area contributed by atoms with E-state index in [2.05, 4.69) is 10.3 Å². The molecule has 1 saturated heterocycles. The van der Waals surface area contributed by atoms with Crippen molar-refractivity contribution in [2.45, 2.75) is 32.1 Å². The lowest BCUT2D eigenvalue weighted by atomic mass is 10.1. The lowest BCUT2D eigenvalue weighted by Gasteiger charge is -2.19. The molecule has 0 saturated carbocycles. The fraction of sp³-hybridized carbons (Fsp3) is 0.381. The first-order valence-corrected chi connectivity index (χ1v) is 9.80. The van der Waals surface area contributed by atoms with Gasteiger partial charge in [0.15, 0.2) is 0 Å². The summed E-state index contributed by atoms with van der Waals surface area (Å²) >= 11 is 5.97. The lowest BCUT2D eigenvalue weighted by Crippen LogP contribution is -2.33. The number of rotatable bonds is 5. The third-order valence-corrected chi connectivity index (χ3v) is 4.92. The molecule has 0 aliphatic carbocycles. The zero-order valence-corrected chi connectivity index (χ0v) is 16.0. The quantitative estimate of drug-likeness (QED) is 0.853. The number of hydrogen-bond donors (Lipinski definition) is 1. The number of benzene rings is 1. The predicted octanol–water partition coefficient (Wildman–Crippen LogP) is 3.72. The number of aromatic nitrogens is 1. The van der Waals surface area contributed by atoms with E-state index < -0.39 is 0 Å². The van der Waals surface area contributed by atoms with Gasteiger partial charge in [0.05, 0.1) is 0 Å². The minimum atomic E-state index is -0.275. The van der Waals surface area contributed by atoms with Gasteiger partial charge < -0.3 is 10.2 Å². The number of nitrogens with one attached hydrogen (secondary N) is 1. The maximum atomic E-state index is 12.7. The number of carbonyl (C=O) groups excluding carboxylic acids is 2. The fourth-order valence-corrected chi connectivity index (χ4v) is 3.43. The Morgan fingerprint density at radius 3 is 2.44 bits per heavy atom. The van der Waals surface area contributed by atoms with E-state index in [1.165, 1.54) is 0 Å². The van der Waals surface area contributed by atoms with Gasteiger partial charge in [-0.25, -0.2) is 4.98 Å². The highest BCUT2D eigenvalue weighted by atomic mass is 35.5. The number of likely N-dealkylation sites (tertiary alicyclic amines) is 1. The van der Waals surface area contributed by atoms with E-state index >= 15 is 0 Å². The van der Waals surface area contributed by atoms with Crippen LogP contribution in [0.3, 0.4) is 0 Å². The predicted molar refractivity (Wildman–Crippen MR) is 106 cm³/mol. The van der Waals surface area contributed by atoms with Crippen molar-refractivity contribution in [2.24, 2.45) is 0 Å².